The summed E-state index contributed by atoms with van der Waals surface area (Å²) in [6.45, 7) is 2.14. The van der Waals surface area contributed by atoms with Gasteiger partial charge in [0.2, 0.25) is 0 Å². The van der Waals surface area contributed by atoms with Crippen LogP contribution in [0.25, 0.3) is 42.9 Å². The summed E-state index contributed by atoms with van der Waals surface area (Å²) < 4.78 is 0. The molecule has 2 aliphatic rings. The Morgan fingerprint density at radius 2 is 1.92 bits per heavy atom. The van der Waals surface area contributed by atoms with Gasteiger partial charge in [0, 0.05) is 46.1 Å². The zero-order chi connectivity index (χ0) is 25.6. The number of hydrogen-bond donors (Lipinski definition) is 2. The minimum absolute atomic E-state index is 0.692. The predicted octanol–water partition coefficient (Wildman–Crippen LogP) is 8.08. The van der Waals surface area contributed by atoms with Crippen LogP contribution in [0.1, 0.15) is 32.1 Å². The number of halogens is 1. The second-order valence-corrected chi connectivity index (χ2v) is 12.5. The van der Waals surface area contributed by atoms with Crippen molar-refractivity contribution in [3.8, 4) is 21.1 Å². The predicted molar refractivity (Wildman–Crippen MR) is 160 cm³/mol. The van der Waals surface area contributed by atoms with E-state index < -0.39 is 0 Å². The maximum Gasteiger partial charge on any atom is 0.172 e. The Hall–Kier alpha value is -2.93. The van der Waals surface area contributed by atoms with Gasteiger partial charge in [-0.2, -0.15) is 0 Å². The van der Waals surface area contributed by atoms with Crippen molar-refractivity contribution in [3.63, 3.8) is 0 Å². The van der Waals surface area contributed by atoms with Crippen LogP contribution in [0.5, 0.6) is 0 Å². The molecule has 7 rings (SSSR count). The number of hydrogen-bond acceptors (Lipinski definition) is 5. The highest BCUT2D eigenvalue weighted by molar-refractivity contribution is 7.18. The number of thiophene rings is 1. The van der Waals surface area contributed by atoms with Gasteiger partial charge in [-0.1, -0.05) is 30.5 Å². The first-order valence-electron chi connectivity index (χ1n) is 13.7. The van der Waals surface area contributed by atoms with Crippen molar-refractivity contribution < 1.29 is 0 Å². The van der Waals surface area contributed by atoms with Crippen LogP contribution in [-0.2, 0) is 0 Å². The van der Waals surface area contributed by atoms with Gasteiger partial charge in [0.05, 0.1) is 10.4 Å². The molecule has 0 spiro atoms. The number of fused-ring (bicyclic) bond motifs is 3. The van der Waals surface area contributed by atoms with E-state index in [1.54, 1.807) is 11.3 Å². The quantitative estimate of drug-likeness (QED) is 0.228. The average Bonchev–Trinajstić information content (AvgIpc) is 3.67. The van der Waals surface area contributed by atoms with Gasteiger partial charge in [0.1, 0.15) is 5.82 Å². The lowest BCUT2D eigenvalue weighted by molar-refractivity contribution is 0.205. The molecule has 1 aliphatic heterocycles. The molecule has 0 amide bonds. The molecule has 1 saturated carbocycles. The third-order valence-corrected chi connectivity index (χ3v) is 9.97. The molecule has 0 radical (unpaired) electrons. The smallest absolute Gasteiger partial charge is 0.172 e. The van der Waals surface area contributed by atoms with Crippen molar-refractivity contribution >= 4 is 50.6 Å². The number of likely N-dealkylation sites (tertiary alicyclic amines) is 1. The second-order valence-electron chi connectivity index (χ2n) is 10.9. The highest BCUT2D eigenvalue weighted by atomic mass is 35.5. The van der Waals surface area contributed by atoms with E-state index in [0.29, 0.717) is 5.02 Å². The third-order valence-electron chi connectivity index (χ3n) is 8.61. The van der Waals surface area contributed by atoms with Crippen LogP contribution in [-0.4, -0.2) is 46.0 Å². The summed E-state index contributed by atoms with van der Waals surface area (Å²) in [4.78, 5) is 18.1. The van der Waals surface area contributed by atoms with Gasteiger partial charge >= 0.3 is 0 Å². The second kappa shape index (κ2) is 9.99. The fourth-order valence-electron chi connectivity index (χ4n) is 6.73. The number of benzene rings is 2. The number of rotatable bonds is 6. The van der Waals surface area contributed by atoms with E-state index in [1.165, 1.54) is 54.5 Å². The van der Waals surface area contributed by atoms with E-state index in [4.69, 9.17) is 21.6 Å². The molecule has 194 valence electrons. The Kier molecular flexibility index (Phi) is 6.35. The Bertz CT molecular complexity index is 1610. The van der Waals surface area contributed by atoms with Gasteiger partial charge in [-0.3, -0.25) is 0 Å². The first-order chi connectivity index (χ1) is 18.6. The molecule has 1 saturated heterocycles. The van der Waals surface area contributed by atoms with Gasteiger partial charge in [0.15, 0.2) is 5.82 Å². The molecular formula is C31H32ClN5S. The zero-order valence-electron chi connectivity index (χ0n) is 21.6. The maximum absolute atomic E-state index is 6.38. The summed E-state index contributed by atoms with van der Waals surface area (Å²) in [5, 5.41) is 6.63. The van der Waals surface area contributed by atoms with Crippen LogP contribution in [0.2, 0.25) is 5.02 Å². The van der Waals surface area contributed by atoms with Crippen molar-refractivity contribution in [2.75, 3.05) is 25.5 Å². The van der Waals surface area contributed by atoms with Crippen LogP contribution in [0.3, 0.4) is 0 Å². The fourth-order valence-corrected chi connectivity index (χ4v) is 7.83. The first-order valence-corrected chi connectivity index (χ1v) is 14.9. The van der Waals surface area contributed by atoms with Crippen LogP contribution in [0, 0.1) is 11.8 Å². The van der Waals surface area contributed by atoms with E-state index in [9.17, 15) is 0 Å². The van der Waals surface area contributed by atoms with Crippen molar-refractivity contribution in [1.29, 1.82) is 0 Å². The molecule has 5 aromatic rings. The molecule has 1 aliphatic carbocycles. The monoisotopic (exact) mass is 541 g/mol. The number of nitrogens with zero attached hydrogens (tertiary/aromatic N) is 3. The van der Waals surface area contributed by atoms with Crippen molar-refractivity contribution in [3.05, 3.63) is 65.8 Å². The lowest BCUT2D eigenvalue weighted by atomic mass is 9.78. The van der Waals surface area contributed by atoms with Crippen molar-refractivity contribution in [2.45, 2.75) is 38.1 Å². The van der Waals surface area contributed by atoms with Crippen LogP contribution >= 0.6 is 22.9 Å². The molecule has 3 aromatic heterocycles. The molecule has 3 atom stereocenters. The summed E-state index contributed by atoms with van der Waals surface area (Å²) in [7, 11) is 2.32. The Morgan fingerprint density at radius 3 is 2.87 bits per heavy atom. The molecule has 2 fully saturated rings. The summed E-state index contributed by atoms with van der Waals surface area (Å²) in [5.41, 5.74) is 3.24. The fraction of sp³-hybridized carbons (Fsp3) is 0.355. The highest BCUT2D eigenvalue weighted by Gasteiger charge is 2.40. The largest absolute Gasteiger partial charge is 0.369 e. The Morgan fingerprint density at radius 1 is 1.03 bits per heavy atom. The molecular weight excluding hydrogens is 510 g/mol. The van der Waals surface area contributed by atoms with Gasteiger partial charge in [0.25, 0.3) is 0 Å². The van der Waals surface area contributed by atoms with E-state index >= 15 is 0 Å². The summed E-state index contributed by atoms with van der Waals surface area (Å²) in [6.07, 6.45) is 8.69. The van der Waals surface area contributed by atoms with Crippen molar-refractivity contribution in [1.82, 2.24) is 19.9 Å². The summed E-state index contributed by atoms with van der Waals surface area (Å²) in [6, 6.07) is 19.6. The standard InChI is InChI=1S/C31H32ClN5S/c1-37-18-21(23-4-2-3-5-27(23)37)13-15-34-30-24-8-7-22(32)17-26(24)35-31(36-30)29-11-10-28(38-29)20-6-9-25-19(16-20)12-14-33-25/h6-12,14,16-17,21,23,27,33H,2-5,13,15,18H2,1H3,(H,34,35,36). The first kappa shape index (κ1) is 24.1. The van der Waals surface area contributed by atoms with Crippen molar-refractivity contribution in [2.24, 2.45) is 11.8 Å². The molecule has 7 heteroatoms. The molecule has 5 nitrogen and oxygen atoms in total. The number of nitrogens with one attached hydrogen (secondary N) is 2. The Labute approximate surface area is 232 Å². The van der Waals surface area contributed by atoms with Crippen LogP contribution < -0.4 is 5.32 Å². The molecule has 4 heterocycles. The average molecular weight is 542 g/mol. The molecule has 38 heavy (non-hydrogen) atoms. The number of H-pyrrole nitrogens is 1. The summed E-state index contributed by atoms with van der Waals surface area (Å²) in [5.74, 6) is 3.25. The van der Waals surface area contributed by atoms with Crippen LogP contribution in [0.15, 0.2) is 60.8 Å². The minimum Gasteiger partial charge on any atom is -0.369 e. The normalized spacial score (nSPS) is 21.8. The van der Waals surface area contributed by atoms with Gasteiger partial charge in [-0.25, -0.2) is 9.97 Å². The third kappa shape index (κ3) is 4.49. The number of aromatic amines is 1. The van der Waals surface area contributed by atoms with E-state index in [1.807, 2.05) is 24.4 Å². The topological polar surface area (TPSA) is 56.8 Å². The van der Waals surface area contributed by atoms with E-state index in [2.05, 4.69) is 58.6 Å². The number of aromatic nitrogens is 3. The lowest BCUT2D eigenvalue weighted by Crippen LogP contribution is -2.32. The number of anilines is 1. The van der Waals surface area contributed by atoms with Gasteiger partial charge in [-0.05, 0) is 97.6 Å². The van der Waals surface area contributed by atoms with Crippen LogP contribution in [0.4, 0.5) is 5.82 Å². The highest BCUT2D eigenvalue weighted by Crippen LogP contribution is 2.41. The summed E-state index contributed by atoms with van der Waals surface area (Å²) >= 11 is 8.10. The van der Waals surface area contributed by atoms with E-state index in [0.717, 1.165) is 57.4 Å². The van der Waals surface area contributed by atoms with Gasteiger partial charge < -0.3 is 15.2 Å². The van der Waals surface area contributed by atoms with Gasteiger partial charge in [-0.15, -0.1) is 11.3 Å². The zero-order valence-corrected chi connectivity index (χ0v) is 23.2. The molecule has 2 aromatic carbocycles. The maximum atomic E-state index is 6.38. The minimum atomic E-state index is 0.692. The molecule has 0 bridgehead atoms. The lowest BCUT2D eigenvalue weighted by Gasteiger charge is -2.31. The molecule has 2 N–H and O–H groups in total. The SMILES string of the molecule is CN1CC(CCNc2nc(-c3ccc(-c4ccc5[nH]ccc5c4)s3)nc3cc(Cl)ccc23)C2CCCCC21. The van der Waals surface area contributed by atoms with E-state index in [-0.39, 0.29) is 0 Å². The molecule has 3 unspecified atom stereocenters. The Balaban J connectivity index is 1.15.